The third kappa shape index (κ3) is 6.63. The zero-order chi connectivity index (χ0) is 25.9. The van der Waals surface area contributed by atoms with Gasteiger partial charge in [-0.3, -0.25) is 9.44 Å². The van der Waals surface area contributed by atoms with E-state index in [9.17, 15) is 30.0 Å². The number of para-hydroxylation sites is 1. The molecule has 3 aromatic rings. The maximum Gasteiger partial charge on any atom is 0.573 e. The fraction of sp³-hybridized carbons (Fsp3) is 0.158. The van der Waals surface area contributed by atoms with Gasteiger partial charge in [-0.2, -0.15) is 9.97 Å². The number of anilines is 2. The molecular weight excluding hydrogens is 517 g/mol. The third-order valence-corrected chi connectivity index (χ3v) is 6.89. The maximum atomic E-state index is 12.7. The van der Waals surface area contributed by atoms with Gasteiger partial charge in [-0.05, 0) is 36.4 Å². The normalized spacial score (nSPS) is 12.0. The summed E-state index contributed by atoms with van der Waals surface area (Å²) < 4.78 is 106. The average Bonchev–Trinajstić information content (AvgIpc) is 2.77. The van der Waals surface area contributed by atoms with Crippen molar-refractivity contribution in [1.29, 1.82) is 0 Å². The Kier molecular flexibility index (Phi) is 7.25. The molecule has 0 unspecified atom stereocenters. The Labute approximate surface area is 198 Å². The molecule has 0 spiro atoms. The number of aromatic nitrogens is 2. The van der Waals surface area contributed by atoms with Gasteiger partial charge < -0.3 is 14.2 Å². The van der Waals surface area contributed by atoms with E-state index < -0.39 is 37.1 Å². The zero-order valence-corrected chi connectivity index (χ0v) is 19.5. The Balaban J connectivity index is 1.82. The van der Waals surface area contributed by atoms with Crippen LogP contribution in [0.1, 0.15) is 0 Å². The van der Waals surface area contributed by atoms with Crippen molar-refractivity contribution in [2.45, 2.75) is 16.2 Å². The predicted octanol–water partition coefficient (Wildman–Crippen LogP) is 2.99. The second kappa shape index (κ2) is 9.83. The maximum absolute atomic E-state index is 12.7. The van der Waals surface area contributed by atoms with Crippen LogP contribution in [0.5, 0.6) is 17.6 Å². The van der Waals surface area contributed by atoms with Crippen molar-refractivity contribution < 1.29 is 44.2 Å². The average molecular weight is 534 g/mol. The van der Waals surface area contributed by atoms with Crippen molar-refractivity contribution in [3.8, 4) is 17.6 Å². The molecule has 0 aliphatic heterocycles. The number of sulfonamides is 2. The van der Waals surface area contributed by atoms with Gasteiger partial charge in [0.1, 0.15) is 10.6 Å². The number of rotatable bonds is 9. The van der Waals surface area contributed by atoms with Crippen molar-refractivity contribution in [2.24, 2.45) is 0 Å². The van der Waals surface area contributed by atoms with E-state index in [0.717, 1.165) is 36.4 Å². The lowest BCUT2D eigenvalue weighted by Gasteiger charge is -2.14. The van der Waals surface area contributed by atoms with Crippen LogP contribution in [0, 0.1) is 0 Å². The summed E-state index contributed by atoms with van der Waals surface area (Å²) in [6.45, 7) is 0. The van der Waals surface area contributed by atoms with Gasteiger partial charge in [-0.15, -0.1) is 13.2 Å². The van der Waals surface area contributed by atoms with Crippen LogP contribution in [-0.2, 0) is 20.0 Å². The highest BCUT2D eigenvalue weighted by Gasteiger charge is 2.34. The molecule has 188 valence electrons. The molecule has 1 aromatic heterocycles. The van der Waals surface area contributed by atoms with E-state index >= 15 is 0 Å². The highest BCUT2D eigenvalue weighted by atomic mass is 32.2. The number of benzene rings is 2. The summed E-state index contributed by atoms with van der Waals surface area (Å²) in [7, 11) is -6.10. The number of methoxy groups -OCH3 is 2. The summed E-state index contributed by atoms with van der Waals surface area (Å²) >= 11 is 0. The zero-order valence-electron chi connectivity index (χ0n) is 17.9. The lowest BCUT2D eigenvalue weighted by molar-refractivity contribution is -0.275. The van der Waals surface area contributed by atoms with Gasteiger partial charge in [-0.25, -0.2) is 16.8 Å². The largest absolute Gasteiger partial charge is 0.573 e. The first-order valence-corrected chi connectivity index (χ1v) is 12.3. The van der Waals surface area contributed by atoms with Crippen LogP contribution in [0.25, 0.3) is 0 Å². The van der Waals surface area contributed by atoms with Gasteiger partial charge in [0.05, 0.1) is 19.1 Å². The number of ether oxygens (including phenoxy) is 3. The lowest BCUT2D eigenvalue weighted by atomic mass is 10.3. The third-order valence-electron chi connectivity index (χ3n) is 4.09. The predicted molar refractivity (Wildman–Crippen MR) is 116 cm³/mol. The van der Waals surface area contributed by atoms with E-state index in [0.29, 0.717) is 0 Å². The standard InChI is InChI=1S/C19H17F3N4O7S2/c1-31-17-11-16(23-18(24-17)32-2)26-34(27,28)13-9-7-12(8-10-13)25-35(29,30)15-6-4-3-5-14(15)33-19(20,21)22/h3-11,25H,1-2H3,(H,23,24,26). The minimum Gasteiger partial charge on any atom is -0.481 e. The molecule has 0 aliphatic carbocycles. The molecule has 16 heteroatoms. The lowest BCUT2D eigenvalue weighted by Crippen LogP contribution is -2.21. The summed E-state index contributed by atoms with van der Waals surface area (Å²) in [4.78, 5) is 6.67. The molecule has 0 aliphatic rings. The summed E-state index contributed by atoms with van der Waals surface area (Å²) in [6, 6.07) is 9.61. The monoisotopic (exact) mass is 534 g/mol. The van der Waals surface area contributed by atoms with Crippen LogP contribution in [-0.4, -0.2) is 47.4 Å². The fourth-order valence-corrected chi connectivity index (χ4v) is 4.82. The van der Waals surface area contributed by atoms with E-state index in [2.05, 4.69) is 24.1 Å². The van der Waals surface area contributed by atoms with Crippen molar-refractivity contribution in [1.82, 2.24) is 9.97 Å². The first-order chi connectivity index (χ1) is 16.3. The van der Waals surface area contributed by atoms with Gasteiger partial charge in [-0.1, -0.05) is 12.1 Å². The van der Waals surface area contributed by atoms with Gasteiger partial charge in [0.25, 0.3) is 20.0 Å². The van der Waals surface area contributed by atoms with E-state index in [4.69, 9.17) is 9.47 Å². The summed E-state index contributed by atoms with van der Waals surface area (Å²) in [5.74, 6) is -1.04. The summed E-state index contributed by atoms with van der Waals surface area (Å²) in [6.07, 6.45) is -5.10. The minimum atomic E-state index is -5.10. The summed E-state index contributed by atoms with van der Waals surface area (Å²) in [5, 5.41) is 0. The quantitative estimate of drug-likeness (QED) is 0.423. The summed E-state index contributed by atoms with van der Waals surface area (Å²) in [5.41, 5.74) is -0.115. The fourth-order valence-electron chi connectivity index (χ4n) is 2.64. The number of alkyl halides is 3. The van der Waals surface area contributed by atoms with Gasteiger partial charge in [0.15, 0.2) is 5.82 Å². The first kappa shape index (κ1) is 25.8. The van der Waals surface area contributed by atoms with Crippen LogP contribution in [0.4, 0.5) is 24.7 Å². The Bertz CT molecular complexity index is 1390. The molecule has 11 nitrogen and oxygen atoms in total. The Morgan fingerprint density at radius 1 is 0.829 bits per heavy atom. The molecule has 2 aromatic carbocycles. The van der Waals surface area contributed by atoms with E-state index in [-0.39, 0.29) is 28.3 Å². The van der Waals surface area contributed by atoms with Crippen molar-refractivity contribution in [2.75, 3.05) is 23.7 Å². The van der Waals surface area contributed by atoms with E-state index in [1.807, 2.05) is 0 Å². The van der Waals surface area contributed by atoms with Crippen LogP contribution in [0.3, 0.4) is 0 Å². The van der Waals surface area contributed by atoms with Gasteiger partial charge >= 0.3 is 12.4 Å². The molecule has 0 amide bonds. The second-order valence-corrected chi connectivity index (χ2v) is 9.85. The number of hydrogen-bond donors (Lipinski definition) is 2. The molecule has 0 fully saturated rings. The van der Waals surface area contributed by atoms with Gasteiger partial charge in [0.2, 0.25) is 5.88 Å². The second-order valence-electron chi connectivity index (χ2n) is 6.51. The minimum absolute atomic E-state index is 0.0362. The molecule has 3 rings (SSSR count). The van der Waals surface area contributed by atoms with Crippen molar-refractivity contribution >= 4 is 31.6 Å². The molecule has 0 atom stereocenters. The molecule has 0 saturated heterocycles. The van der Waals surface area contributed by atoms with Crippen molar-refractivity contribution in [3.05, 3.63) is 54.6 Å². The molecule has 0 radical (unpaired) electrons. The highest BCUT2D eigenvalue weighted by Crippen LogP contribution is 2.31. The van der Waals surface area contributed by atoms with Crippen molar-refractivity contribution in [3.63, 3.8) is 0 Å². The van der Waals surface area contributed by atoms with Crippen LogP contribution in [0.2, 0.25) is 0 Å². The van der Waals surface area contributed by atoms with E-state index in [1.54, 1.807) is 0 Å². The van der Waals surface area contributed by atoms with Gasteiger partial charge in [0, 0.05) is 11.8 Å². The van der Waals surface area contributed by atoms with Crippen LogP contribution >= 0.6 is 0 Å². The molecule has 2 N–H and O–H groups in total. The smallest absolute Gasteiger partial charge is 0.481 e. The topological polar surface area (TPSA) is 146 Å². The molecular formula is C19H17F3N4O7S2. The molecule has 0 bridgehead atoms. The van der Waals surface area contributed by atoms with Crippen LogP contribution < -0.4 is 23.7 Å². The number of nitrogens with one attached hydrogen (secondary N) is 2. The molecule has 1 heterocycles. The van der Waals surface area contributed by atoms with E-state index in [1.165, 1.54) is 32.4 Å². The highest BCUT2D eigenvalue weighted by molar-refractivity contribution is 7.93. The number of hydrogen-bond acceptors (Lipinski definition) is 9. The SMILES string of the molecule is COc1cc(NS(=O)(=O)c2ccc(NS(=O)(=O)c3ccccc3OC(F)(F)F)cc2)nc(OC)n1. The number of nitrogens with zero attached hydrogens (tertiary/aromatic N) is 2. The molecule has 0 saturated carbocycles. The van der Waals surface area contributed by atoms with Crippen LogP contribution in [0.15, 0.2) is 64.4 Å². The first-order valence-electron chi connectivity index (χ1n) is 9.30. The molecule has 35 heavy (non-hydrogen) atoms. The Morgan fingerprint density at radius 2 is 1.49 bits per heavy atom. The number of halogens is 3. The Morgan fingerprint density at radius 3 is 2.09 bits per heavy atom. The Hall–Kier alpha value is -3.79.